The molecular weight excluding hydrogens is 572 g/mol. The van der Waals surface area contributed by atoms with E-state index in [1.165, 1.54) is 0 Å². The second kappa shape index (κ2) is 11.1. The molecule has 0 radical (unpaired) electrons. The largest absolute Gasteiger partial charge is 0.454 e. The maximum atomic E-state index is 14.1. The van der Waals surface area contributed by atoms with Gasteiger partial charge in [-0.15, -0.1) is 5.10 Å². The standard InChI is InChI=1S/C34H32N6O5/c41-14-12-22-7-5-21(6-8-22)11-13-39-18-24(36-37-39)17-38-19-31(42)40-28(34(38)43)16-26-25-3-1-2-4-27(25)35-32(26)33(40)23-9-10-29-30(15-23)45-20-44-29/h1-10,15,18,28,33,35,41H,11-14,16-17,19-20H2/t28-,33-/m1/s1. The Balaban J connectivity index is 1.04. The van der Waals surface area contributed by atoms with Gasteiger partial charge < -0.3 is 29.4 Å². The lowest BCUT2D eigenvalue weighted by atomic mass is 9.86. The van der Waals surface area contributed by atoms with Crippen molar-refractivity contribution in [2.24, 2.45) is 0 Å². The quantitative estimate of drug-likeness (QED) is 0.279. The van der Waals surface area contributed by atoms with Gasteiger partial charge in [-0.2, -0.15) is 0 Å². The van der Waals surface area contributed by atoms with Crippen LogP contribution in [0.3, 0.4) is 0 Å². The molecule has 0 unspecified atom stereocenters. The van der Waals surface area contributed by atoms with Crippen molar-refractivity contribution in [2.45, 2.75) is 44.4 Å². The van der Waals surface area contributed by atoms with E-state index in [1.54, 1.807) is 14.5 Å². The van der Waals surface area contributed by atoms with Crippen LogP contribution in [0.15, 0.2) is 72.9 Å². The number of aromatic amines is 1. The van der Waals surface area contributed by atoms with Gasteiger partial charge in [0, 0.05) is 36.2 Å². The first kappa shape index (κ1) is 27.4. The first-order valence-corrected chi connectivity index (χ1v) is 15.2. The van der Waals surface area contributed by atoms with E-state index in [1.807, 2.05) is 54.7 Å². The van der Waals surface area contributed by atoms with Crippen molar-refractivity contribution in [3.05, 3.63) is 107 Å². The molecule has 0 saturated carbocycles. The highest BCUT2D eigenvalue weighted by Crippen LogP contribution is 2.45. The topological polar surface area (TPSA) is 126 Å². The van der Waals surface area contributed by atoms with Crippen LogP contribution in [0.1, 0.15) is 39.7 Å². The van der Waals surface area contributed by atoms with E-state index in [9.17, 15) is 9.59 Å². The summed E-state index contributed by atoms with van der Waals surface area (Å²) in [6, 6.07) is 20.8. The Morgan fingerprint density at radius 3 is 2.60 bits per heavy atom. The number of fused-ring (bicyclic) bond motifs is 5. The third-order valence-electron chi connectivity index (χ3n) is 9.05. The molecule has 3 aliphatic rings. The number of ether oxygens (including phenoxy) is 2. The average Bonchev–Trinajstić information content (AvgIpc) is 3.80. The van der Waals surface area contributed by atoms with Crippen LogP contribution in [0.2, 0.25) is 0 Å². The van der Waals surface area contributed by atoms with Crippen molar-refractivity contribution in [3.8, 4) is 11.5 Å². The minimum atomic E-state index is -0.655. The number of piperazine rings is 1. The van der Waals surface area contributed by atoms with Crippen molar-refractivity contribution >= 4 is 22.7 Å². The van der Waals surface area contributed by atoms with Crippen LogP contribution in [0.5, 0.6) is 11.5 Å². The van der Waals surface area contributed by atoms with Gasteiger partial charge in [0.1, 0.15) is 18.3 Å². The summed E-state index contributed by atoms with van der Waals surface area (Å²) in [6.45, 7) is 1.09. The number of nitrogens with zero attached hydrogens (tertiary/aromatic N) is 5. The van der Waals surface area contributed by atoms with Gasteiger partial charge in [0.25, 0.3) is 0 Å². The van der Waals surface area contributed by atoms with E-state index >= 15 is 0 Å². The fraction of sp³-hybridized carbons (Fsp3) is 0.294. The number of aliphatic hydroxyl groups is 1. The summed E-state index contributed by atoms with van der Waals surface area (Å²) >= 11 is 0. The zero-order valence-corrected chi connectivity index (χ0v) is 24.6. The first-order chi connectivity index (χ1) is 22.1. The van der Waals surface area contributed by atoms with Gasteiger partial charge in [-0.25, -0.2) is 0 Å². The predicted molar refractivity (Wildman–Crippen MR) is 163 cm³/mol. The lowest BCUT2D eigenvalue weighted by molar-refractivity contribution is -0.159. The van der Waals surface area contributed by atoms with Crippen LogP contribution in [-0.2, 0) is 41.9 Å². The monoisotopic (exact) mass is 604 g/mol. The third kappa shape index (κ3) is 4.89. The first-order valence-electron chi connectivity index (χ1n) is 15.2. The van der Waals surface area contributed by atoms with Crippen molar-refractivity contribution in [1.29, 1.82) is 0 Å². The maximum absolute atomic E-state index is 14.1. The van der Waals surface area contributed by atoms with E-state index < -0.39 is 12.1 Å². The number of benzene rings is 3. The fourth-order valence-electron chi connectivity index (χ4n) is 6.85. The number of para-hydroxylation sites is 1. The molecule has 228 valence electrons. The molecule has 5 aromatic rings. The highest BCUT2D eigenvalue weighted by Gasteiger charge is 2.48. The summed E-state index contributed by atoms with van der Waals surface area (Å²) in [5.41, 5.74) is 6.71. The van der Waals surface area contributed by atoms with E-state index in [4.69, 9.17) is 14.6 Å². The second-order valence-electron chi connectivity index (χ2n) is 11.8. The van der Waals surface area contributed by atoms with Gasteiger partial charge in [-0.05, 0) is 53.3 Å². The number of aliphatic hydroxyl groups excluding tert-OH is 1. The summed E-state index contributed by atoms with van der Waals surface area (Å²) < 4.78 is 13.0. The number of aromatic nitrogens is 4. The number of hydrogen-bond donors (Lipinski definition) is 2. The summed E-state index contributed by atoms with van der Waals surface area (Å²) in [7, 11) is 0. The van der Waals surface area contributed by atoms with Crippen LogP contribution >= 0.6 is 0 Å². The summed E-state index contributed by atoms with van der Waals surface area (Å²) in [5, 5.41) is 18.8. The van der Waals surface area contributed by atoms with Gasteiger partial charge in [0.15, 0.2) is 11.5 Å². The number of nitrogens with one attached hydrogen (secondary N) is 1. The Bertz CT molecular complexity index is 1910. The average molecular weight is 605 g/mol. The smallest absolute Gasteiger partial charge is 0.246 e. The molecule has 45 heavy (non-hydrogen) atoms. The number of amides is 2. The van der Waals surface area contributed by atoms with Gasteiger partial charge in [-0.1, -0.05) is 53.7 Å². The molecule has 2 N–H and O–H groups in total. The second-order valence-corrected chi connectivity index (χ2v) is 11.8. The fourth-order valence-corrected chi connectivity index (χ4v) is 6.85. The maximum Gasteiger partial charge on any atom is 0.246 e. The van der Waals surface area contributed by atoms with Crippen molar-refractivity contribution < 1.29 is 24.2 Å². The molecular formula is C34H32N6O5. The van der Waals surface area contributed by atoms with Crippen molar-refractivity contribution in [3.63, 3.8) is 0 Å². The molecule has 0 spiro atoms. The molecule has 3 aromatic carbocycles. The highest BCUT2D eigenvalue weighted by atomic mass is 16.7. The molecule has 3 aliphatic heterocycles. The molecule has 1 saturated heterocycles. The Hall–Kier alpha value is -5.16. The number of aryl methyl sites for hydroxylation is 2. The van der Waals surface area contributed by atoms with Crippen molar-refractivity contribution in [2.75, 3.05) is 19.9 Å². The van der Waals surface area contributed by atoms with Gasteiger partial charge in [-0.3, -0.25) is 14.3 Å². The van der Waals surface area contributed by atoms with E-state index in [2.05, 4.69) is 33.5 Å². The molecule has 2 amide bonds. The third-order valence-corrected chi connectivity index (χ3v) is 9.05. The summed E-state index contributed by atoms with van der Waals surface area (Å²) in [5.74, 6) is 1.07. The molecule has 11 heteroatoms. The SMILES string of the molecule is O=C1[C@H]2Cc3c([nH]c4ccccc34)[C@@H](c3ccc4c(c3)OCO4)N2C(=O)CN1Cc1cn(CCc2ccc(CCO)cc2)nn1. The Labute approximate surface area is 259 Å². The van der Waals surface area contributed by atoms with Crippen LogP contribution in [0.25, 0.3) is 10.9 Å². The molecule has 11 nitrogen and oxygen atoms in total. The van der Waals surface area contributed by atoms with Crippen LogP contribution in [-0.4, -0.2) is 72.7 Å². The minimum Gasteiger partial charge on any atom is -0.454 e. The molecule has 8 rings (SSSR count). The molecule has 1 fully saturated rings. The van der Waals surface area contributed by atoms with Crippen molar-refractivity contribution in [1.82, 2.24) is 29.8 Å². The van der Waals surface area contributed by atoms with E-state index in [-0.39, 0.29) is 38.3 Å². The lowest BCUT2D eigenvalue weighted by Gasteiger charge is -2.47. The van der Waals surface area contributed by atoms with Gasteiger partial charge in [0.2, 0.25) is 18.6 Å². The molecule has 0 aliphatic carbocycles. The number of carbonyl (C=O) groups is 2. The van der Waals surface area contributed by atoms with Crippen LogP contribution < -0.4 is 9.47 Å². The zero-order chi connectivity index (χ0) is 30.5. The number of hydrogen-bond acceptors (Lipinski definition) is 7. The molecule has 5 heterocycles. The number of H-pyrrole nitrogens is 1. The van der Waals surface area contributed by atoms with E-state index in [0.717, 1.165) is 45.3 Å². The number of rotatable bonds is 8. The molecule has 0 bridgehead atoms. The molecule has 2 atom stereocenters. The van der Waals surface area contributed by atoms with Gasteiger partial charge >= 0.3 is 0 Å². The number of carbonyl (C=O) groups excluding carboxylic acids is 2. The Morgan fingerprint density at radius 1 is 0.956 bits per heavy atom. The lowest BCUT2D eigenvalue weighted by Crippen LogP contribution is -2.62. The summed E-state index contributed by atoms with van der Waals surface area (Å²) in [6.07, 6.45) is 3.68. The normalized spacial score (nSPS) is 18.9. The van der Waals surface area contributed by atoms with Crippen LogP contribution in [0, 0.1) is 0 Å². The Kier molecular flexibility index (Phi) is 6.75. The summed E-state index contributed by atoms with van der Waals surface area (Å²) in [4.78, 5) is 35.0. The highest BCUT2D eigenvalue weighted by molar-refractivity contribution is 5.97. The zero-order valence-electron chi connectivity index (χ0n) is 24.6. The molecule has 2 aromatic heterocycles. The van der Waals surface area contributed by atoms with E-state index in [0.29, 0.717) is 36.6 Å². The predicted octanol–water partition coefficient (Wildman–Crippen LogP) is 3.15. The van der Waals surface area contributed by atoms with Crippen LogP contribution in [0.4, 0.5) is 0 Å². The van der Waals surface area contributed by atoms with Gasteiger partial charge in [0.05, 0.1) is 18.8 Å². The Morgan fingerprint density at radius 2 is 1.76 bits per heavy atom. The minimum absolute atomic E-state index is 0.0427.